The zero-order chi connectivity index (χ0) is 13.1. The molecule has 0 spiro atoms. The monoisotopic (exact) mass is 244 g/mol. The number of rotatable bonds is 2. The molecule has 3 nitrogen and oxygen atoms in total. The van der Waals surface area contributed by atoms with Crippen LogP contribution in [0.25, 0.3) is 0 Å². The van der Waals surface area contributed by atoms with Crippen molar-refractivity contribution in [3.63, 3.8) is 0 Å². The van der Waals surface area contributed by atoms with Gasteiger partial charge in [0.15, 0.2) is 0 Å². The number of hydrogen-bond donors (Lipinski definition) is 1. The number of nitrogens with two attached hydrogens (primary N) is 1. The first-order chi connectivity index (χ1) is 8.60. The molecule has 1 aromatic rings. The van der Waals surface area contributed by atoms with E-state index in [4.69, 9.17) is 15.7 Å². The smallest absolute Gasteiger partial charge is 0.121 e. The minimum absolute atomic E-state index is 0.270. The van der Waals surface area contributed by atoms with Crippen LogP contribution in [0.2, 0.25) is 0 Å². The molecule has 96 valence electrons. The lowest BCUT2D eigenvalue weighted by molar-refractivity contribution is 0.101. The Bertz CT molecular complexity index is 464. The van der Waals surface area contributed by atoms with Gasteiger partial charge in [0.05, 0.1) is 11.7 Å². The molecule has 0 radical (unpaired) electrons. The first-order valence-electron chi connectivity index (χ1n) is 6.56. The average molecular weight is 244 g/mol. The van der Waals surface area contributed by atoms with Crippen molar-refractivity contribution in [3.05, 3.63) is 23.8 Å². The highest BCUT2D eigenvalue weighted by Gasteiger charge is 2.25. The molecule has 1 fully saturated rings. The van der Waals surface area contributed by atoms with Crippen molar-refractivity contribution in [1.82, 2.24) is 0 Å². The molecule has 0 aliphatic heterocycles. The predicted molar refractivity (Wildman–Crippen MR) is 72.2 cm³/mol. The molecule has 3 unspecified atom stereocenters. The molecular weight excluding hydrogens is 224 g/mol. The predicted octanol–water partition coefficient (Wildman–Crippen LogP) is 3.34. The summed E-state index contributed by atoms with van der Waals surface area (Å²) in [5, 5.41) is 8.94. The van der Waals surface area contributed by atoms with Gasteiger partial charge in [0.1, 0.15) is 11.8 Å². The fraction of sp³-hybridized carbons (Fsp3) is 0.533. The summed E-state index contributed by atoms with van der Waals surface area (Å²) < 4.78 is 5.96. The highest BCUT2D eigenvalue weighted by atomic mass is 16.5. The lowest BCUT2D eigenvalue weighted by Crippen LogP contribution is -2.28. The largest absolute Gasteiger partial charge is 0.490 e. The summed E-state index contributed by atoms with van der Waals surface area (Å²) in [6.45, 7) is 4.59. The number of nitrogen functional groups attached to an aromatic ring is 1. The molecule has 1 aliphatic rings. The van der Waals surface area contributed by atoms with E-state index >= 15 is 0 Å². The van der Waals surface area contributed by atoms with Crippen molar-refractivity contribution in [2.45, 2.75) is 39.2 Å². The molecule has 0 saturated heterocycles. The minimum atomic E-state index is 0.270. The summed E-state index contributed by atoms with van der Waals surface area (Å²) in [6, 6.07) is 7.40. The highest BCUT2D eigenvalue weighted by molar-refractivity contribution is 5.56. The van der Waals surface area contributed by atoms with Crippen molar-refractivity contribution < 1.29 is 4.74 Å². The molecule has 18 heavy (non-hydrogen) atoms. The summed E-state index contributed by atoms with van der Waals surface area (Å²) in [6.07, 6.45) is 3.67. The van der Waals surface area contributed by atoms with E-state index in [9.17, 15) is 0 Å². The third kappa shape index (κ3) is 2.76. The van der Waals surface area contributed by atoms with Gasteiger partial charge in [-0.1, -0.05) is 13.8 Å². The quantitative estimate of drug-likeness (QED) is 0.812. The molecule has 0 aromatic heterocycles. The Morgan fingerprint density at radius 3 is 2.72 bits per heavy atom. The molecule has 2 N–H and O–H groups in total. The normalized spacial score (nSPS) is 27.5. The van der Waals surface area contributed by atoms with Crippen LogP contribution in [0.3, 0.4) is 0 Å². The van der Waals surface area contributed by atoms with E-state index in [1.165, 1.54) is 6.42 Å². The SMILES string of the molecule is CC1CCC(Oc2ccc(N)c(C#N)c2)CC1C. The Morgan fingerprint density at radius 2 is 2.06 bits per heavy atom. The van der Waals surface area contributed by atoms with Gasteiger partial charge in [-0.25, -0.2) is 0 Å². The maximum absolute atomic E-state index is 8.94. The van der Waals surface area contributed by atoms with E-state index in [0.29, 0.717) is 17.2 Å². The van der Waals surface area contributed by atoms with Gasteiger partial charge in [-0.15, -0.1) is 0 Å². The Balaban J connectivity index is 2.04. The molecule has 1 aromatic carbocycles. The molecule has 1 aliphatic carbocycles. The van der Waals surface area contributed by atoms with Crippen LogP contribution < -0.4 is 10.5 Å². The van der Waals surface area contributed by atoms with Crippen molar-refractivity contribution in [1.29, 1.82) is 5.26 Å². The summed E-state index contributed by atoms with van der Waals surface area (Å²) in [7, 11) is 0. The van der Waals surface area contributed by atoms with E-state index in [2.05, 4.69) is 19.9 Å². The van der Waals surface area contributed by atoms with Gasteiger partial charge in [0, 0.05) is 5.69 Å². The van der Waals surface area contributed by atoms with Crippen LogP contribution in [0, 0.1) is 23.2 Å². The Kier molecular flexibility index (Phi) is 3.76. The maximum atomic E-state index is 8.94. The molecule has 0 heterocycles. The second-order valence-electron chi connectivity index (χ2n) is 5.37. The third-order valence-electron chi connectivity index (χ3n) is 4.00. The first kappa shape index (κ1) is 12.8. The van der Waals surface area contributed by atoms with Crippen molar-refractivity contribution in [2.24, 2.45) is 11.8 Å². The lowest BCUT2D eigenvalue weighted by Gasteiger charge is -2.32. The molecule has 3 heteroatoms. The van der Waals surface area contributed by atoms with Crippen LogP contribution in [-0.4, -0.2) is 6.10 Å². The van der Waals surface area contributed by atoms with Crippen LogP contribution in [0.4, 0.5) is 5.69 Å². The standard InChI is InChI=1S/C15H20N2O/c1-10-3-4-13(7-11(10)2)18-14-5-6-15(17)12(8-14)9-16/h5-6,8,10-11,13H,3-4,7,17H2,1-2H3. The second kappa shape index (κ2) is 5.30. The van der Waals surface area contributed by atoms with Gasteiger partial charge in [-0.05, 0) is 49.3 Å². The minimum Gasteiger partial charge on any atom is -0.490 e. The highest BCUT2D eigenvalue weighted by Crippen LogP contribution is 2.32. The lowest BCUT2D eigenvalue weighted by atomic mass is 9.80. The zero-order valence-corrected chi connectivity index (χ0v) is 11.0. The van der Waals surface area contributed by atoms with Crippen LogP contribution in [-0.2, 0) is 0 Å². The third-order valence-corrected chi connectivity index (χ3v) is 4.00. The van der Waals surface area contributed by atoms with Crippen LogP contribution in [0.5, 0.6) is 5.75 Å². The second-order valence-corrected chi connectivity index (χ2v) is 5.37. The van der Waals surface area contributed by atoms with Crippen molar-refractivity contribution in [3.8, 4) is 11.8 Å². The summed E-state index contributed by atoms with van der Waals surface area (Å²) in [5.41, 5.74) is 6.70. The summed E-state index contributed by atoms with van der Waals surface area (Å²) >= 11 is 0. The Morgan fingerprint density at radius 1 is 1.28 bits per heavy atom. The van der Waals surface area contributed by atoms with Crippen LogP contribution in [0.15, 0.2) is 18.2 Å². The molecule has 2 rings (SSSR count). The molecule has 1 saturated carbocycles. The molecule has 0 amide bonds. The van der Waals surface area contributed by atoms with Crippen molar-refractivity contribution >= 4 is 5.69 Å². The first-order valence-corrected chi connectivity index (χ1v) is 6.56. The number of nitrogens with zero attached hydrogens (tertiary/aromatic N) is 1. The van der Waals surface area contributed by atoms with E-state index < -0.39 is 0 Å². The number of nitriles is 1. The van der Waals surface area contributed by atoms with Crippen LogP contribution in [0.1, 0.15) is 38.7 Å². The molecule has 3 atom stereocenters. The van der Waals surface area contributed by atoms with Gasteiger partial charge in [0.2, 0.25) is 0 Å². The molecular formula is C15H20N2O. The van der Waals surface area contributed by atoms with Gasteiger partial charge in [0.25, 0.3) is 0 Å². The number of hydrogen-bond acceptors (Lipinski definition) is 3. The Labute approximate surface area is 109 Å². The van der Waals surface area contributed by atoms with E-state index in [0.717, 1.165) is 24.5 Å². The van der Waals surface area contributed by atoms with Gasteiger partial charge in [-0.3, -0.25) is 0 Å². The summed E-state index contributed by atoms with van der Waals surface area (Å²) in [4.78, 5) is 0. The Hall–Kier alpha value is -1.69. The number of benzene rings is 1. The van der Waals surface area contributed by atoms with E-state index in [1.54, 1.807) is 12.1 Å². The van der Waals surface area contributed by atoms with Crippen LogP contribution >= 0.6 is 0 Å². The topological polar surface area (TPSA) is 59.0 Å². The average Bonchev–Trinajstić information content (AvgIpc) is 2.36. The van der Waals surface area contributed by atoms with Crippen molar-refractivity contribution in [2.75, 3.05) is 5.73 Å². The van der Waals surface area contributed by atoms with Gasteiger partial charge < -0.3 is 10.5 Å². The van der Waals surface area contributed by atoms with Gasteiger partial charge >= 0.3 is 0 Å². The fourth-order valence-corrected chi connectivity index (χ4v) is 2.50. The number of anilines is 1. The zero-order valence-electron chi connectivity index (χ0n) is 11.0. The fourth-order valence-electron chi connectivity index (χ4n) is 2.50. The number of ether oxygens (including phenoxy) is 1. The van der Waals surface area contributed by atoms with Gasteiger partial charge in [-0.2, -0.15) is 5.26 Å². The molecule has 0 bridgehead atoms. The van der Waals surface area contributed by atoms with E-state index in [-0.39, 0.29) is 6.10 Å². The maximum Gasteiger partial charge on any atom is 0.121 e. The summed E-state index contributed by atoms with van der Waals surface area (Å²) in [5.74, 6) is 2.24. The van der Waals surface area contributed by atoms with E-state index in [1.807, 2.05) is 6.07 Å².